The molecule has 0 saturated carbocycles. The lowest BCUT2D eigenvalue weighted by Gasteiger charge is -1.89. The lowest BCUT2D eigenvalue weighted by molar-refractivity contribution is -0.136. The van der Waals surface area contributed by atoms with Crippen molar-refractivity contribution in [3.63, 3.8) is 0 Å². The molecular weight excluding hydrogens is 148 g/mol. The number of carbonyl (C=O) groups is 1. The van der Waals surface area contributed by atoms with E-state index in [4.69, 9.17) is 5.11 Å². The molecule has 0 aliphatic carbocycles. The van der Waals surface area contributed by atoms with Crippen LogP contribution in [0.15, 0.2) is 16.8 Å². The van der Waals surface area contributed by atoms with E-state index < -0.39 is 5.97 Å². The van der Waals surface area contributed by atoms with E-state index in [9.17, 15) is 4.79 Å². The molecule has 0 amide bonds. The van der Waals surface area contributed by atoms with E-state index in [1.165, 1.54) is 0 Å². The molecular formula is C7H8O2S. The predicted molar refractivity (Wildman–Crippen MR) is 40.3 cm³/mol. The summed E-state index contributed by atoms with van der Waals surface area (Å²) in [4.78, 5) is 10.1. The normalized spacial score (nSPS) is 9.60. The van der Waals surface area contributed by atoms with Gasteiger partial charge in [-0.2, -0.15) is 11.3 Å². The van der Waals surface area contributed by atoms with Crippen molar-refractivity contribution in [1.82, 2.24) is 0 Å². The fraction of sp³-hybridized carbons (Fsp3) is 0.286. The zero-order chi connectivity index (χ0) is 7.40. The van der Waals surface area contributed by atoms with Crippen LogP contribution in [0.2, 0.25) is 0 Å². The Bertz CT molecular complexity index is 203. The number of thiophene rings is 1. The zero-order valence-electron chi connectivity index (χ0n) is 5.41. The van der Waals surface area contributed by atoms with Crippen molar-refractivity contribution in [3.05, 3.63) is 22.4 Å². The van der Waals surface area contributed by atoms with Gasteiger partial charge in [-0.3, -0.25) is 4.79 Å². The van der Waals surface area contributed by atoms with E-state index in [2.05, 4.69) is 0 Å². The number of aliphatic carboxylic acids is 1. The second-order valence-electron chi connectivity index (χ2n) is 2.03. The maximum Gasteiger partial charge on any atom is 0.303 e. The lowest BCUT2D eigenvalue weighted by Crippen LogP contribution is -1.95. The number of aryl methyl sites for hydroxylation is 1. The Morgan fingerprint density at radius 3 is 3.00 bits per heavy atom. The van der Waals surface area contributed by atoms with Crippen molar-refractivity contribution >= 4 is 17.3 Å². The molecule has 10 heavy (non-hydrogen) atoms. The van der Waals surface area contributed by atoms with Crippen LogP contribution in [0.25, 0.3) is 0 Å². The van der Waals surface area contributed by atoms with Crippen LogP contribution in [0.5, 0.6) is 0 Å². The highest BCUT2D eigenvalue weighted by Crippen LogP contribution is 2.07. The lowest BCUT2D eigenvalue weighted by atomic mass is 10.2. The third-order valence-electron chi connectivity index (χ3n) is 1.21. The Kier molecular flexibility index (Phi) is 2.45. The number of rotatable bonds is 3. The summed E-state index contributed by atoms with van der Waals surface area (Å²) in [6, 6.07) is 1.95. The molecule has 0 aromatic carbocycles. The quantitative estimate of drug-likeness (QED) is 0.724. The van der Waals surface area contributed by atoms with Crippen molar-refractivity contribution in [1.29, 1.82) is 0 Å². The van der Waals surface area contributed by atoms with Crippen molar-refractivity contribution in [2.45, 2.75) is 12.8 Å². The summed E-state index contributed by atoms with van der Waals surface area (Å²) in [7, 11) is 0. The van der Waals surface area contributed by atoms with Gasteiger partial charge < -0.3 is 5.11 Å². The van der Waals surface area contributed by atoms with Crippen LogP contribution in [0.4, 0.5) is 0 Å². The van der Waals surface area contributed by atoms with Crippen molar-refractivity contribution in [3.8, 4) is 0 Å². The van der Waals surface area contributed by atoms with Gasteiger partial charge in [-0.1, -0.05) is 0 Å². The van der Waals surface area contributed by atoms with Crippen molar-refractivity contribution < 1.29 is 9.90 Å². The first kappa shape index (κ1) is 7.28. The molecule has 3 heteroatoms. The van der Waals surface area contributed by atoms with Crippen molar-refractivity contribution in [2.24, 2.45) is 0 Å². The Morgan fingerprint density at radius 2 is 2.50 bits per heavy atom. The van der Waals surface area contributed by atoms with Gasteiger partial charge in [-0.05, 0) is 28.8 Å². The first-order chi connectivity index (χ1) is 4.79. The third-order valence-corrected chi connectivity index (χ3v) is 1.94. The molecule has 0 radical (unpaired) electrons. The van der Waals surface area contributed by atoms with Gasteiger partial charge in [-0.15, -0.1) is 0 Å². The van der Waals surface area contributed by atoms with Gasteiger partial charge in [-0.25, -0.2) is 0 Å². The molecule has 0 atom stereocenters. The van der Waals surface area contributed by atoms with Gasteiger partial charge in [0.05, 0.1) is 0 Å². The fourth-order valence-corrected chi connectivity index (χ4v) is 1.39. The maximum atomic E-state index is 10.1. The first-order valence-corrected chi connectivity index (χ1v) is 3.96. The maximum absolute atomic E-state index is 10.1. The number of carboxylic acids is 1. The summed E-state index contributed by atoms with van der Waals surface area (Å²) in [5.74, 6) is -0.730. The zero-order valence-corrected chi connectivity index (χ0v) is 6.23. The van der Waals surface area contributed by atoms with Gasteiger partial charge >= 0.3 is 5.97 Å². The second-order valence-corrected chi connectivity index (χ2v) is 2.81. The van der Waals surface area contributed by atoms with Gasteiger partial charge in [0, 0.05) is 6.42 Å². The van der Waals surface area contributed by atoms with Gasteiger partial charge in [0.2, 0.25) is 0 Å². The highest BCUT2D eigenvalue weighted by atomic mass is 32.1. The molecule has 0 saturated heterocycles. The average molecular weight is 156 g/mol. The van der Waals surface area contributed by atoms with E-state index in [1.54, 1.807) is 11.3 Å². The van der Waals surface area contributed by atoms with Gasteiger partial charge in [0.15, 0.2) is 0 Å². The fourth-order valence-electron chi connectivity index (χ4n) is 0.686. The van der Waals surface area contributed by atoms with Crippen LogP contribution < -0.4 is 0 Å². The summed E-state index contributed by atoms with van der Waals surface area (Å²) in [6.07, 6.45) is 0.884. The molecule has 54 valence electrons. The Morgan fingerprint density at radius 1 is 1.70 bits per heavy atom. The van der Waals surface area contributed by atoms with Gasteiger partial charge in [0.25, 0.3) is 0 Å². The molecule has 1 aromatic rings. The third kappa shape index (κ3) is 2.19. The smallest absolute Gasteiger partial charge is 0.303 e. The van der Waals surface area contributed by atoms with Crippen molar-refractivity contribution in [2.75, 3.05) is 0 Å². The summed E-state index contributed by atoms with van der Waals surface area (Å²) in [6.45, 7) is 0. The standard InChI is InChI=1S/C7H8O2S/c8-7(9)2-1-6-3-4-10-5-6/h3-5H,1-2H2,(H,8,9). The summed E-state index contributed by atoms with van der Waals surface area (Å²) in [5, 5.41) is 12.2. The summed E-state index contributed by atoms with van der Waals surface area (Å²) < 4.78 is 0. The minimum absolute atomic E-state index is 0.233. The van der Waals surface area contributed by atoms with Crippen LogP contribution in [0, 0.1) is 0 Å². The predicted octanol–water partition coefficient (Wildman–Crippen LogP) is 1.77. The molecule has 0 spiro atoms. The van der Waals surface area contributed by atoms with E-state index >= 15 is 0 Å². The molecule has 0 unspecified atom stereocenters. The highest BCUT2D eigenvalue weighted by molar-refractivity contribution is 7.07. The van der Waals surface area contributed by atoms with Crippen LogP contribution >= 0.6 is 11.3 Å². The minimum atomic E-state index is -0.730. The molecule has 1 N–H and O–H groups in total. The SMILES string of the molecule is O=C(O)CCc1ccsc1. The topological polar surface area (TPSA) is 37.3 Å². The monoisotopic (exact) mass is 156 g/mol. The van der Waals surface area contributed by atoms with E-state index in [-0.39, 0.29) is 6.42 Å². The molecule has 2 nitrogen and oxygen atoms in total. The first-order valence-electron chi connectivity index (χ1n) is 3.02. The molecule has 1 heterocycles. The Labute approximate surface area is 63.1 Å². The molecule has 0 bridgehead atoms. The summed E-state index contributed by atoms with van der Waals surface area (Å²) >= 11 is 1.60. The molecule has 0 aliphatic heterocycles. The van der Waals surface area contributed by atoms with Crippen LogP contribution in [-0.4, -0.2) is 11.1 Å². The Hall–Kier alpha value is -0.830. The summed E-state index contributed by atoms with van der Waals surface area (Å²) in [5.41, 5.74) is 1.12. The highest BCUT2D eigenvalue weighted by Gasteiger charge is 1.97. The molecule has 0 fully saturated rings. The largest absolute Gasteiger partial charge is 0.481 e. The number of hydrogen-bond donors (Lipinski definition) is 1. The van der Waals surface area contributed by atoms with Crippen LogP contribution in [-0.2, 0) is 11.2 Å². The number of hydrogen-bond acceptors (Lipinski definition) is 2. The van der Waals surface area contributed by atoms with E-state index in [1.807, 2.05) is 16.8 Å². The molecule has 1 rings (SSSR count). The molecule has 0 aliphatic rings. The van der Waals surface area contributed by atoms with Crippen LogP contribution in [0.3, 0.4) is 0 Å². The minimum Gasteiger partial charge on any atom is -0.481 e. The number of carboxylic acid groups (broad SMARTS) is 1. The van der Waals surface area contributed by atoms with E-state index in [0.717, 1.165) is 5.56 Å². The average Bonchev–Trinajstić information content (AvgIpc) is 2.34. The van der Waals surface area contributed by atoms with E-state index in [0.29, 0.717) is 6.42 Å². The van der Waals surface area contributed by atoms with Gasteiger partial charge in [0.1, 0.15) is 0 Å². The molecule has 1 aromatic heterocycles. The second kappa shape index (κ2) is 3.37. The Balaban J connectivity index is 2.35. The van der Waals surface area contributed by atoms with Crippen LogP contribution in [0.1, 0.15) is 12.0 Å².